The molecule has 1 aromatic rings. The Balaban J connectivity index is 1.95. The van der Waals surface area contributed by atoms with Gasteiger partial charge in [-0.1, -0.05) is 13.8 Å². The number of hydrogen-bond donors (Lipinski definition) is 2. The Kier molecular flexibility index (Phi) is 4.89. The molecular weight excluding hydrogens is 256 g/mol. The fourth-order valence-corrected chi connectivity index (χ4v) is 2.56. The Morgan fingerprint density at radius 1 is 1.60 bits per heavy atom. The van der Waals surface area contributed by atoms with Crippen LogP contribution in [0, 0.1) is 11.8 Å². The Bertz CT molecular complexity index is 464. The van der Waals surface area contributed by atoms with Crippen molar-refractivity contribution in [2.75, 3.05) is 12.3 Å². The summed E-state index contributed by atoms with van der Waals surface area (Å²) in [5.41, 5.74) is 6.47. The van der Waals surface area contributed by atoms with E-state index >= 15 is 0 Å². The second-order valence-corrected chi connectivity index (χ2v) is 5.48. The van der Waals surface area contributed by atoms with Crippen molar-refractivity contribution in [1.82, 2.24) is 15.3 Å². The molecule has 1 aromatic heterocycles. The van der Waals surface area contributed by atoms with E-state index in [2.05, 4.69) is 29.1 Å². The minimum Gasteiger partial charge on any atom is -0.383 e. The molecule has 2 atom stereocenters. The standard InChI is InChI=1S/C14H22N4O2/c1-9(2)12-11(4-3-5-20-12)14(19)17-7-10-6-16-8-18-13(10)15/h6,8-9,11-12H,3-5,7H2,1-2H3,(H,17,19)(H2,15,16,18)/t11-,12-/m1/s1. The quantitative estimate of drug-likeness (QED) is 0.861. The van der Waals surface area contributed by atoms with E-state index in [9.17, 15) is 4.79 Å². The first-order valence-corrected chi connectivity index (χ1v) is 7.03. The third-order valence-corrected chi connectivity index (χ3v) is 3.64. The van der Waals surface area contributed by atoms with Crippen LogP contribution in [-0.4, -0.2) is 28.6 Å². The molecule has 0 bridgehead atoms. The molecule has 1 saturated heterocycles. The zero-order valence-corrected chi connectivity index (χ0v) is 12.0. The Labute approximate surface area is 119 Å². The lowest BCUT2D eigenvalue weighted by atomic mass is 9.87. The average molecular weight is 278 g/mol. The van der Waals surface area contributed by atoms with Crippen LogP contribution in [0.3, 0.4) is 0 Å². The monoisotopic (exact) mass is 278 g/mol. The van der Waals surface area contributed by atoms with Crippen molar-refractivity contribution in [2.45, 2.75) is 39.3 Å². The molecule has 3 N–H and O–H groups in total. The summed E-state index contributed by atoms with van der Waals surface area (Å²) in [5, 5.41) is 2.92. The van der Waals surface area contributed by atoms with Crippen LogP contribution >= 0.6 is 0 Å². The fraction of sp³-hybridized carbons (Fsp3) is 0.643. The third kappa shape index (κ3) is 3.45. The number of carbonyl (C=O) groups is 1. The number of nitrogens with one attached hydrogen (secondary N) is 1. The number of ether oxygens (including phenoxy) is 1. The predicted octanol–water partition coefficient (Wildman–Crippen LogP) is 1.13. The molecule has 0 aliphatic carbocycles. The van der Waals surface area contributed by atoms with Crippen LogP contribution in [-0.2, 0) is 16.1 Å². The average Bonchev–Trinajstić information content (AvgIpc) is 2.46. The molecular formula is C14H22N4O2. The lowest BCUT2D eigenvalue weighted by Gasteiger charge is -2.33. The maximum Gasteiger partial charge on any atom is 0.226 e. The number of nitrogen functional groups attached to an aromatic ring is 1. The van der Waals surface area contributed by atoms with E-state index in [1.54, 1.807) is 6.20 Å². The molecule has 0 spiro atoms. The van der Waals surface area contributed by atoms with Gasteiger partial charge in [0.1, 0.15) is 12.1 Å². The molecule has 2 rings (SSSR count). The minimum absolute atomic E-state index is 0.00637. The van der Waals surface area contributed by atoms with Gasteiger partial charge >= 0.3 is 0 Å². The summed E-state index contributed by atoms with van der Waals surface area (Å²) in [6.07, 6.45) is 4.81. The van der Waals surface area contributed by atoms with Crippen LogP contribution < -0.4 is 11.1 Å². The number of nitrogens with zero attached hydrogens (tertiary/aromatic N) is 2. The van der Waals surface area contributed by atoms with Crippen LogP contribution in [0.5, 0.6) is 0 Å². The topological polar surface area (TPSA) is 90.1 Å². The van der Waals surface area contributed by atoms with E-state index in [0.717, 1.165) is 25.0 Å². The fourth-order valence-electron chi connectivity index (χ4n) is 2.56. The first kappa shape index (κ1) is 14.7. The van der Waals surface area contributed by atoms with Gasteiger partial charge in [0.2, 0.25) is 5.91 Å². The number of amides is 1. The van der Waals surface area contributed by atoms with Crippen molar-refractivity contribution in [3.63, 3.8) is 0 Å². The zero-order valence-electron chi connectivity index (χ0n) is 12.0. The highest BCUT2D eigenvalue weighted by Gasteiger charge is 2.33. The highest BCUT2D eigenvalue weighted by atomic mass is 16.5. The highest BCUT2D eigenvalue weighted by Crippen LogP contribution is 2.26. The Morgan fingerprint density at radius 2 is 2.40 bits per heavy atom. The molecule has 0 unspecified atom stereocenters. The van der Waals surface area contributed by atoms with Gasteiger partial charge in [0.25, 0.3) is 0 Å². The van der Waals surface area contributed by atoms with Gasteiger partial charge in [0.15, 0.2) is 0 Å². The van der Waals surface area contributed by atoms with Crippen LogP contribution in [0.25, 0.3) is 0 Å². The van der Waals surface area contributed by atoms with E-state index in [-0.39, 0.29) is 17.9 Å². The molecule has 6 nitrogen and oxygen atoms in total. The van der Waals surface area contributed by atoms with Gasteiger partial charge in [0, 0.05) is 24.9 Å². The van der Waals surface area contributed by atoms with Crippen LogP contribution in [0.15, 0.2) is 12.5 Å². The van der Waals surface area contributed by atoms with Crippen molar-refractivity contribution in [3.8, 4) is 0 Å². The van der Waals surface area contributed by atoms with Crippen molar-refractivity contribution >= 4 is 11.7 Å². The molecule has 110 valence electrons. The summed E-state index contributed by atoms with van der Waals surface area (Å²) in [6.45, 7) is 5.26. The van der Waals surface area contributed by atoms with Crippen molar-refractivity contribution in [3.05, 3.63) is 18.1 Å². The molecule has 1 aliphatic heterocycles. The van der Waals surface area contributed by atoms with E-state index in [4.69, 9.17) is 10.5 Å². The number of nitrogens with two attached hydrogens (primary N) is 1. The summed E-state index contributed by atoms with van der Waals surface area (Å²) in [4.78, 5) is 20.1. The summed E-state index contributed by atoms with van der Waals surface area (Å²) < 4.78 is 5.74. The summed E-state index contributed by atoms with van der Waals surface area (Å²) in [5.74, 6) is 0.665. The molecule has 0 saturated carbocycles. The molecule has 1 aliphatic rings. The molecule has 6 heteroatoms. The molecule has 0 radical (unpaired) electrons. The first-order chi connectivity index (χ1) is 9.59. The van der Waals surface area contributed by atoms with E-state index in [0.29, 0.717) is 18.3 Å². The van der Waals surface area contributed by atoms with Crippen molar-refractivity contribution < 1.29 is 9.53 Å². The van der Waals surface area contributed by atoms with E-state index < -0.39 is 0 Å². The minimum atomic E-state index is -0.0883. The van der Waals surface area contributed by atoms with E-state index in [1.807, 2.05) is 0 Å². The summed E-state index contributed by atoms with van der Waals surface area (Å²) in [6, 6.07) is 0. The third-order valence-electron chi connectivity index (χ3n) is 3.64. The highest BCUT2D eigenvalue weighted by molar-refractivity contribution is 5.79. The lowest BCUT2D eigenvalue weighted by molar-refractivity contribution is -0.137. The van der Waals surface area contributed by atoms with Crippen molar-refractivity contribution in [1.29, 1.82) is 0 Å². The molecule has 0 aromatic carbocycles. The number of rotatable bonds is 4. The summed E-state index contributed by atoms with van der Waals surface area (Å²) in [7, 11) is 0. The number of hydrogen-bond acceptors (Lipinski definition) is 5. The molecule has 1 fully saturated rings. The predicted molar refractivity (Wildman–Crippen MR) is 75.6 cm³/mol. The Morgan fingerprint density at radius 3 is 3.10 bits per heavy atom. The van der Waals surface area contributed by atoms with Crippen LogP contribution in [0.1, 0.15) is 32.3 Å². The van der Waals surface area contributed by atoms with Gasteiger partial charge < -0.3 is 15.8 Å². The van der Waals surface area contributed by atoms with Gasteiger partial charge in [-0.05, 0) is 18.8 Å². The SMILES string of the molecule is CC(C)[C@H]1OCCC[C@H]1C(=O)NCc1cncnc1N. The maximum atomic E-state index is 12.3. The van der Waals surface area contributed by atoms with Gasteiger partial charge in [-0.2, -0.15) is 0 Å². The molecule has 1 amide bonds. The van der Waals surface area contributed by atoms with Gasteiger partial charge in [0.05, 0.1) is 12.0 Å². The first-order valence-electron chi connectivity index (χ1n) is 7.03. The molecule has 20 heavy (non-hydrogen) atoms. The smallest absolute Gasteiger partial charge is 0.226 e. The molecule has 2 heterocycles. The number of aromatic nitrogens is 2. The van der Waals surface area contributed by atoms with Gasteiger partial charge in [-0.25, -0.2) is 9.97 Å². The normalized spacial score (nSPS) is 22.8. The van der Waals surface area contributed by atoms with Crippen molar-refractivity contribution in [2.24, 2.45) is 11.8 Å². The maximum absolute atomic E-state index is 12.3. The second-order valence-electron chi connectivity index (χ2n) is 5.48. The number of carbonyl (C=O) groups excluding carboxylic acids is 1. The van der Waals surface area contributed by atoms with E-state index in [1.165, 1.54) is 6.33 Å². The zero-order chi connectivity index (χ0) is 14.5. The largest absolute Gasteiger partial charge is 0.383 e. The second kappa shape index (κ2) is 6.65. The van der Waals surface area contributed by atoms with Crippen LogP contribution in [0.2, 0.25) is 0 Å². The van der Waals surface area contributed by atoms with Gasteiger partial charge in [-0.15, -0.1) is 0 Å². The lowest BCUT2D eigenvalue weighted by Crippen LogP contribution is -2.43. The van der Waals surface area contributed by atoms with Gasteiger partial charge in [-0.3, -0.25) is 4.79 Å². The Hall–Kier alpha value is -1.69. The van der Waals surface area contributed by atoms with Crippen LogP contribution in [0.4, 0.5) is 5.82 Å². The summed E-state index contributed by atoms with van der Waals surface area (Å²) >= 11 is 0. The number of anilines is 1.